The van der Waals surface area contributed by atoms with Gasteiger partial charge in [0.1, 0.15) is 11.6 Å². The first kappa shape index (κ1) is 14.3. The highest BCUT2D eigenvalue weighted by atomic mass is 19.1. The van der Waals surface area contributed by atoms with Crippen LogP contribution in [-0.4, -0.2) is 29.3 Å². The lowest BCUT2D eigenvalue weighted by atomic mass is 10.1. The van der Waals surface area contributed by atoms with Gasteiger partial charge < -0.3 is 0 Å². The molecule has 1 aromatic carbocycles. The van der Waals surface area contributed by atoms with Crippen LogP contribution in [0, 0.1) is 11.6 Å². The number of pyridine rings is 1. The Balaban J connectivity index is 2.00. The number of carbonyl (C=O) groups is 1. The molecule has 0 aliphatic carbocycles. The molecule has 1 heterocycles. The molecule has 0 fully saturated rings. The number of halogens is 2. The van der Waals surface area contributed by atoms with Crippen LogP contribution in [0.1, 0.15) is 15.9 Å². The fourth-order valence-corrected chi connectivity index (χ4v) is 1.90. The van der Waals surface area contributed by atoms with Gasteiger partial charge in [-0.15, -0.1) is 0 Å². The van der Waals surface area contributed by atoms with Crippen LogP contribution in [0.3, 0.4) is 0 Å². The fraction of sp³-hybridized carbons (Fsp3) is 0.200. The van der Waals surface area contributed by atoms with Crippen molar-refractivity contribution in [2.24, 2.45) is 0 Å². The normalized spacial score (nSPS) is 10.8. The molecule has 1 aromatic heterocycles. The van der Waals surface area contributed by atoms with Crippen LogP contribution in [0.5, 0.6) is 0 Å². The van der Waals surface area contributed by atoms with Crippen molar-refractivity contribution >= 4 is 5.78 Å². The Morgan fingerprint density at radius 3 is 2.55 bits per heavy atom. The molecular formula is C15H14F2N2O. The van der Waals surface area contributed by atoms with E-state index in [4.69, 9.17) is 0 Å². The summed E-state index contributed by atoms with van der Waals surface area (Å²) in [4.78, 5) is 17.6. The number of hydrogen-bond acceptors (Lipinski definition) is 3. The topological polar surface area (TPSA) is 33.2 Å². The van der Waals surface area contributed by atoms with E-state index in [1.807, 2.05) is 12.1 Å². The molecule has 0 radical (unpaired) electrons. The van der Waals surface area contributed by atoms with Crippen LogP contribution < -0.4 is 0 Å². The first-order valence-electron chi connectivity index (χ1n) is 6.12. The Morgan fingerprint density at radius 1 is 1.20 bits per heavy atom. The van der Waals surface area contributed by atoms with E-state index in [2.05, 4.69) is 4.98 Å². The molecule has 0 saturated heterocycles. The number of likely N-dealkylation sites (N-methyl/N-ethyl adjacent to an activating group) is 1. The van der Waals surface area contributed by atoms with E-state index < -0.39 is 11.6 Å². The zero-order chi connectivity index (χ0) is 14.5. The van der Waals surface area contributed by atoms with E-state index in [-0.39, 0.29) is 17.9 Å². The molecule has 2 aromatic rings. The molecule has 0 N–H and O–H groups in total. The van der Waals surface area contributed by atoms with E-state index in [0.29, 0.717) is 6.54 Å². The summed E-state index contributed by atoms with van der Waals surface area (Å²) in [6.45, 7) is 0.613. The van der Waals surface area contributed by atoms with Crippen LogP contribution in [0.4, 0.5) is 8.78 Å². The van der Waals surface area contributed by atoms with Crippen LogP contribution in [0.2, 0.25) is 0 Å². The summed E-state index contributed by atoms with van der Waals surface area (Å²) in [6, 6.07) is 6.67. The van der Waals surface area contributed by atoms with Gasteiger partial charge in [0, 0.05) is 25.0 Å². The lowest BCUT2D eigenvalue weighted by Gasteiger charge is -2.15. The number of nitrogens with zero attached hydrogens (tertiary/aromatic N) is 2. The summed E-state index contributed by atoms with van der Waals surface area (Å²) < 4.78 is 26.3. The maximum absolute atomic E-state index is 13.5. The van der Waals surface area contributed by atoms with Crippen LogP contribution in [0.25, 0.3) is 0 Å². The quantitative estimate of drug-likeness (QED) is 0.787. The van der Waals surface area contributed by atoms with E-state index in [1.54, 1.807) is 24.3 Å². The van der Waals surface area contributed by atoms with Crippen LogP contribution in [0.15, 0.2) is 42.7 Å². The van der Waals surface area contributed by atoms with Crippen molar-refractivity contribution in [1.82, 2.24) is 9.88 Å². The van der Waals surface area contributed by atoms with Crippen molar-refractivity contribution in [1.29, 1.82) is 0 Å². The van der Waals surface area contributed by atoms with E-state index in [0.717, 1.165) is 17.7 Å². The number of ketones is 1. The third-order valence-corrected chi connectivity index (χ3v) is 2.85. The minimum atomic E-state index is -0.827. The van der Waals surface area contributed by atoms with Crippen molar-refractivity contribution in [3.8, 4) is 0 Å². The van der Waals surface area contributed by atoms with Crippen molar-refractivity contribution < 1.29 is 13.6 Å². The Morgan fingerprint density at radius 2 is 1.90 bits per heavy atom. The van der Waals surface area contributed by atoms with Gasteiger partial charge in [0.25, 0.3) is 0 Å². The molecule has 0 unspecified atom stereocenters. The molecule has 0 bridgehead atoms. The molecule has 0 aliphatic heterocycles. The second kappa shape index (κ2) is 6.34. The zero-order valence-corrected chi connectivity index (χ0v) is 11.0. The van der Waals surface area contributed by atoms with E-state index in [1.165, 1.54) is 6.07 Å². The largest absolute Gasteiger partial charge is 0.295 e. The van der Waals surface area contributed by atoms with Gasteiger partial charge in [-0.3, -0.25) is 14.7 Å². The number of carbonyl (C=O) groups excluding carboxylic acids is 1. The van der Waals surface area contributed by atoms with Crippen molar-refractivity contribution in [2.45, 2.75) is 6.54 Å². The Hall–Kier alpha value is -2.14. The van der Waals surface area contributed by atoms with Crippen LogP contribution in [-0.2, 0) is 6.54 Å². The summed E-state index contributed by atoms with van der Waals surface area (Å²) in [6.07, 6.45) is 3.34. The number of Topliss-reactive ketones (excluding diaryl/α,β-unsaturated/α-hetero) is 1. The molecule has 0 spiro atoms. The van der Waals surface area contributed by atoms with Gasteiger partial charge in [-0.05, 0) is 36.9 Å². The molecule has 20 heavy (non-hydrogen) atoms. The SMILES string of the molecule is CN(CC(=O)c1ccc(F)cc1F)Cc1ccncc1. The predicted octanol–water partition coefficient (Wildman–Crippen LogP) is 2.67. The zero-order valence-electron chi connectivity index (χ0n) is 11.0. The molecule has 0 saturated carbocycles. The lowest BCUT2D eigenvalue weighted by molar-refractivity contribution is 0.0939. The Kier molecular flexibility index (Phi) is 4.53. The molecule has 0 amide bonds. The molecule has 0 atom stereocenters. The third-order valence-electron chi connectivity index (χ3n) is 2.85. The minimum Gasteiger partial charge on any atom is -0.295 e. The van der Waals surface area contributed by atoms with Crippen LogP contribution >= 0.6 is 0 Å². The van der Waals surface area contributed by atoms with Crippen molar-refractivity contribution in [2.75, 3.05) is 13.6 Å². The summed E-state index contributed by atoms with van der Waals surface area (Å²) in [5, 5.41) is 0. The monoisotopic (exact) mass is 276 g/mol. The summed E-state index contributed by atoms with van der Waals surface area (Å²) in [5.74, 6) is -1.89. The molecule has 5 heteroatoms. The number of benzene rings is 1. The minimum absolute atomic E-state index is 0.0604. The van der Waals surface area contributed by atoms with Gasteiger partial charge in [-0.1, -0.05) is 0 Å². The van der Waals surface area contributed by atoms with Gasteiger partial charge in [0.2, 0.25) is 0 Å². The molecule has 0 aliphatic rings. The van der Waals surface area contributed by atoms with Crippen molar-refractivity contribution in [3.63, 3.8) is 0 Å². The Bertz CT molecular complexity index is 602. The average Bonchev–Trinajstić information content (AvgIpc) is 2.39. The Labute approximate surface area is 115 Å². The standard InChI is InChI=1S/C15H14F2N2O/c1-19(9-11-4-6-18-7-5-11)10-15(20)13-3-2-12(16)8-14(13)17/h2-8H,9-10H2,1H3. The smallest absolute Gasteiger partial charge is 0.179 e. The highest BCUT2D eigenvalue weighted by molar-refractivity contribution is 5.97. The lowest BCUT2D eigenvalue weighted by Crippen LogP contribution is -2.26. The number of hydrogen-bond donors (Lipinski definition) is 0. The second-order valence-electron chi connectivity index (χ2n) is 4.58. The summed E-state index contributed by atoms with van der Waals surface area (Å²) in [5.41, 5.74) is 0.919. The predicted molar refractivity (Wildman–Crippen MR) is 71.3 cm³/mol. The highest BCUT2D eigenvalue weighted by Crippen LogP contribution is 2.11. The second-order valence-corrected chi connectivity index (χ2v) is 4.58. The fourth-order valence-electron chi connectivity index (χ4n) is 1.90. The number of aromatic nitrogens is 1. The summed E-state index contributed by atoms with van der Waals surface area (Å²) >= 11 is 0. The molecule has 2 rings (SSSR count). The van der Waals surface area contributed by atoms with Gasteiger partial charge >= 0.3 is 0 Å². The highest BCUT2D eigenvalue weighted by Gasteiger charge is 2.14. The maximum Gasteiger partial charge on any atom is 0.179 e. The van der Waals surface area contributed by atoms with Crippen molar-refractivity contribution in [3.05, 3.63) is 65.5 Å². The first-order valence-corrected chi connectivity index (χ1v) is 6.12. The van der Waals surface area contributed by atoms with Gasteiger partial charge in [-0.25, -0.2) is 8.78 Å². The number of rotatable bonds is 5. The molecule has 104 valence electrons. The average molecular weight is 276 g/mol. The van der Waals surface area contributed by atoms with Gasteiger partial charge in [-0.2, -0.15) is 0 Å². The van der Waals surface area contributed by atoms with Gasteiger partial charge in [0.15, 0.2) is 5.78 Å². The molecular weight excluding hydrogens is 262 g/mol. The first-order chi connectivity index (χ1) is 9.56. The van der Waals surface area contributed by atoms with E-state index in [9.17, 15) is 13.6 Å². The maximum atomic E-state index is 13.5. The summed E-state index contributed by atoms with van der Waals surface area (Å²) in [7, 11) is 1.76. The third kappa shape index (κ3) is 3.68. The van der Waals surface area contributed by atoms with Gasteiger partial charge in [0.05, 0.1) is 12.1 Å². The van der Waals surface area contributed by atoms with E-state index >= 15 is 0 Å². The molecule has 3 nitrogen and oxygen atoms in total.